The number of nitrogens with zero attached hydrogens (tertiary/aromatic N) is 2. The number of aryl methyl sites for hydroxylation is 1. The van der Waals surface area contributed by atoms with Crippen molar-refractivity contribution in [2.45, 2.75) is 6.92 Å². The van der Waals surface area contributed by atoms with Crippen molar-refractivity contribution in [1.29, 1.82) is 0 Å². The fraction of sp³-hybridized carbons (Fsp3) is 0.0667. The second kappa shape index (κ2) is 4.77. The van der Waals surface area contributed by atoms with Crippen LogP contribution >= 0.6 is 0 Å². The zero-order chi connectivity index (χ0) is 14.1. The summed E-state index contributed by atoms with van der Waals surface area (Å²) < 4.78 is 18.3. The third kappa shape index (κ3) is 2.25. The van der Waals surface area contributed by atoms with Crippen molar-refractivity contribution in [3.05, 3.63) is 53.8 Å². The average Bonchev–Trinajstić information content (AvgIpc) is 2.88. The Labute approximate surface area is 114 Å². The van der Waals surface area contributed by atoms with E-state index in [0.29, 0.717) is 22.8 Å². The van der Waals surface area contributed by atoms with Crippen LogP contribution in [0.1, 0.15) is 5.56 Å². The molecule has 0 saturated heterocycles. The second-order valence-corrected chi connectivity index (χ2v) is 4.43. The quantitative estimate of drug-likeness (QED) is 0.773. The molecule has 5 heteroatoms. The Hall–Kier alpha value is -2.69. The van der Waals surface area contributed by atoms with E-state index in [1.165, 1.54) is 12.1 Å². The maximum Gasteiger partial charge on any atom is 0.258 e. The van der Waals surface area contributed by atoms with Gasteiger partial charge in [0.05, 0.1) is 0 Å². The van der Waals surface area contributed by atoms with Crippen LogP contribution in [-0.2, 0) is 0 Å². The van der Waals surface area contributed by atoms with Gasteiger partial charge in [0.2, 0.25) is 5.82 Å². The molecule has 0 amide bonds. The van der Waals surface area contributed by atoms with Crippen molar-refractivity contribution in [3.63, 3.8) is 0 Å². The monoisotopic (exact) mass is 270 g/mol. The number of benzene rings is 2. The molecule has 0 saturated carbocycles. The molecule has 0 aliphatic rings. The van der Waals surface area contributed by atoms with Crippen LogP contribution < -0.4 is 0 Å². The number of phenols is 1. The van der Waals surface area contributed by atoms with E-state index in [4.69, 9.17) is 4.52 Å². The Morgan fingerprint density at radius 2 is 2.00 bits per heavy atom. The van der Waals surface area contributed by atoms with E-state index in [-0.39, 0.29) is 11.6 Å². The summed E-state index contributed by atoms with van der Waals surface area (Å²) in [5, 5.41) is 13.3. The van der Waals surface area contributed by atoms with E-state index in [9.17, 15) is 9.50 Å². The molecule has 3 aromatic rings. The van der Waals surface area contributed by atoms with E-state index in [1.807, 2.05) is 0 Å². The molecule has 0 spiro atoms. The van der Waals surface area contributed by atoms with E-state index in [1.54, 1.807) is 37.3 Å². The Balaban J connectivity index is 2.02. The summed E-state index contributed by atoms with van der Waals surface area (Å²) in [6, 6.07) is 10.9. The first-order valence-electron chi connectivity index (χ1n) is 6.03. The molecule has 100 valence electrons. The molecule has 4 nitrogen and oxygen atoms in total. The zero-order valence-corrected chi connectivity index (χ0v) is 10.7. The van der Waals surface area contributed by atoms with Crippen molar-refractivity contribution in [2.75, 3.05) is 0 Å². The molecule has 0 bridgehead atoms. The standard InChI is InChI=1S/C15H11FN2O2/c1-9-7-11(16)5-6-13(9)15-17-14(18-20-15)10-3-2-4-12(19)8-10/h2-8,19H,1H3. The van der Waals surface area contributed by atoms with E-state index < -0.39 is 0 Å². The number of aromatic nitrogens is 2. The number of halogens is 1. The van der Waals surface area contributed by atoms with Crippen LogP contribution in [0.5, 0.6) is 5.75 Å². The molecule has 2 aromatic carbocycles. The van der Waals surface area contributed by atoms with Gasteiger partial charge in [-0.25, -0.2) is 4.39 Å². The lowest BCUT2D eigenvalue weighted by Gasteiger charge is -1.99. The van der Waals surface area contributed by atoms with Gasteiger partial charge < -0.3 is 9.63 Å². The van der Waals surface area contributed by atoms with Crippen LogP contribution in [0, 0.1) is 12.7 Å². The van der Waals surface area contributed by atoms with Crippen LogP contribution in [-0.4, -0.2) is 15.2 Å². The highest BCUT2D eigenvalue weighted by molar-refractivity contribution is 5.63. The Bertz CT molecular complexity index is 768. The van der Waals surface area contributed by atoms with Gasteiger partial charge in [-0.05, 0) is 42.8 Å². The first-order valence-corrected chi connectivity index (χ1v) is 6.03. The highest BCUT2D eigenvalue weighted by Crippen LogP contribution is 2.26. The molecular weight excluding hydrogens is 259 g/mol. The summed E-state index contributed by atoms with van der Waals surface area (Å²) in [5.74, 6) is 0.520. The first kappa shape index (κ1) is 12.3. The van der Waals surface area contributed by atoms with Gasteiger partial charge in [-0.1, -0.05) is 17.3 Å². The minimum Gasteiger partial charge on any atom is -0.508 e. The molecule has 3 rings (SSSR count). The summed E-state index contributed by atoms with van der Waals surface area (Å²) in [6.07, 6.45) is 0. The molecule has 0 aliphatic heterocycles. The van der Waals surface area contributed by atoms with Crippen molar-refractivity contribution < 1.29 is 14.0 Å². The lowest BCUT2D eigenvalue weighted by molar-refractivity contribution is 0.432. The second-order valence-electron chi connectivity index (χ2n) is 4.43. The summed E-state index contributed by atoms with van der Waals surface area (Å²) in [7, 11) is 0. The fourth-order valence-electron chi connectivity index (χ4n) is 1.96. The summed E-state index contributed by atoms with van der Waals surface area (Å²) in [6.45, 7) is 1.77. The summed E-state index contributed by atoms with van der Waals surface area (Å²) >= 11 is 0. The zero-order valence-electron chi connectivity index (χ0n) is 10.7. The largest absolute Gasteiger partial charge is 0.508 e. The summed E-state index contributed by atoms with van der Waals surface area (Å²) in [4.78, 5) is 4.27. The van der Waals surface area contributed by atoms with Crippen molar-refractivity contribution in [1.82, 2.24) is 10.1 Å². The maximum absolute atomic E-state index is 13.1. The van der Waals surface area contributed by atoms with Crippen LogP contribution in [0.2, 0.25) is 0 Å². The van der Waals surface area contributed by atoms with Gasteiger partial charge >= 0.3 is 0 Å². The van der Waals surface area contributed by atoms with Gasteiger partial charge in [-0.2, -0.15) is 4.98 Å². The van der Waals surface area contributed by atoms with Crippen molar-refractivity contribution in [2.24, 2.45) is 0 Å². The summed E-state index contributed by atoms with van der Waals surface area (Å²) in [5.41, 5.74) is 2.06. The molecule has 1 N–H and O–H groups in total. The Morgan fingerprint density at radius 3 is 2.75 bits per heavy atom. The Morgan fingerprint density at radius 1 is 1.15 bits per heavy atom. The fourth-order valence-corrected chi connectivity index (χ4v) is 1.96. The topological polar surface area (TPSA) is 59.2 Å². The molecule has 20 heavy (non-hydrogen) atoms. The minimum atomic E-state index is -0.307. The smallest absolute Gasteiger partial charge is 0.258 e. The lowest BCUT2D eigenvalue weighted by Crippen LogP contribution is -1.85. The van der Waals surface area contributed by atoms with Crippen molar-refractivity contribution in [3.8, 4) is 28.6 Å². The maximum atomic E-state index is 13.1. The van der Waals surface area contributed by atoms with E-state index in [2.05, 4.69) is 10.1 Å². The van der Waals surface area contributed by atoms with Crippen LogP contribution in [0.3, 0.4) is 0 Å². The first-order chi connectivity index (χ1) is 9.63. The van der Waals surface area contributed by atoms with Gasteiger partial charge in [0.15, 0.2) is 0 Å². The SMILES string of the molecule is Cc1cc(F)ccc1-c1nc(-c2cccc(O)c2)no1. The number of phenolic OH excluding ortho intramolecular Hbond substituents is 1. The lowest BCUT2D eigenvalue weighted by atomic mass is 10.1. The van der Waals surface area contributed by atoms with E-state index in [0.717, 1.165) is 5.56 Å². The molecule has 1 aromatic heterocycles. The number of hydrogen-bond donors (Lipinski definition) is 1. The van der Waals surface area contributed by atoms with Gasteiger partial charge in [0, 0.05) is 11.1 Å². The molecule has 0 atom stereocenters. The third-order valence-electron chi connectivity index (χ3n) is 2.95. The number of hydrogen-bond acceptors (Lipinski definition) is 4. The Kier molecular flexibility index (Phi) is 2.95. The highest BCUT2D eigenvalue weighted by Gasteiger charge is 2.13. The normalized spacial score (nSPS) is 10.7. The van der Waals surface area contributed by atoms with Gasteiger partial charge in [-0.15, -0.1) is 0 Å². The highest BCUT2D eigenvalue weighted by atomic mass is 19.1. The molecular formula is C15H11FN2O2. The average molecular weight is 270 g/mol. The molecule has 0 unspecified atom stereocenters. The van der Waals surface area contributed by atoms with Crippen LogP contribution in [0.15, 0.2) is 47.0 Å². The molecule has 0 radical (unpaired) electrons. The predicted octanol–water partition coefficient (Wildman–Crippen LogP) is 3.56. The van der Waals surface area contributed by atoms with Gasteiger partial charge in [-0.3, -0.25) is 0 Å². The molecule has 0 aliphatic carbocycles. The van der Waals surface area contributed by atoms with Gasteiger partial charge in [0.25, 0.3) is 5.89 Å². The van der Waals surface area contributed by atoms with Gasteiger partial charge in [0.1, 0.15) is 11.6 Å². The number of aromatic hydroxyl groups is 1. The van der Waals surface area contributed by atoms with Crippen molar-refractivity contribution >= 4 is 0 Å². The van der Waals surface area contributed by atoms with E-state index >= 15 is 0 Å². The molecule has 0 fully saturated rings. The van der Waals surface area contributed by atoms with Crippen LogP contribution in [0.25, 0.3) is 22.8 Å². The predicted molar refractivity (Wildman–Crippen MR) is 71.5 cm³/mol. The van der Waals surface area contributed by atoms with Crippen LogP contribution in [0.4, 0.5) is 4.39 Å². The minimum absolute atomic E-state index is 0.131. The third-order valence-corrected chi connectivity index (χ3v) is 2.95. The molecule has 1 heterocycles. The number of rotatable bonds is 2.